The molecule has 4 atom stereocenters. The number of unbranched alkanes of at least 4 members (excludes halogenated alkanes) is 64. The van der Waals surface area contributed by atoms with Crippen molar-refractivity contribution in [1.82, 2.24) is 0 Å². The van der Waals surface area contributed by atoms with Gasteiger partial charge in [-0.2, -0.15) is 0 Å². The van der Waals surface area contributed by atoms with Gasteiger partial charge in [0.1, 0.15) is 0 Å². The van der Waals surface area contributed by atoms with Crippen molar-refractivity contribution in [3.63, 3.8) is 0 Å². The highest BCUT2D eigenvalue weighted by Gasteiger charge is 2.31. The van der Waals surface area contributed by atoms with Crippen LogP contribution in [0.2, 0.25) is 0 Å². The Hall–Kier alpha value is -2.90. The number of ether oxygens (including phenoxy) is 4. The van der Waals surface area contributed by atoms with Gasteiger partial charge in [-0.25, -0.2) is 19.2 Å². The molecule has 0 fully saturated rings. The van der Waals surface area contributed by atoms with E-state index in [1.807, 2.05) is 0 Å². The molecule has 0 amide bonds. The fourth-order valence-electron chi connectivity index (χ4n) is 17.6. The van der Waals surface area contributed by atoms with Gasteiger partial charge in [-0.3, -0.25) is 0 Å². The molecule has 1 aromatic rings. The number of carbonyl (C=O) groups excluding carboxylic acids is 4. The van der Waals surface area contributed by atoms with E-state index in [-0.39, 0.29) is 72.4 Å². The van der Waals surface area contributed by atoms with Crippen LogP contribution in [0.3, 0.4) is 0 Å². The molecule has 670 valence electrons. The summed E-state index contributed by atoms with van der Waals surface area (Å²) in [5, 5.41) is 0. The highest BCUT2D eigenvalue weighted by atomic mass is 16.5. The third-order valence-electron chi connectivity index (χ3n) is 25.6. The van der Waals surface area contributed by atoms with Crippen molar-refractivity contribution in [2.45, 2.75) is 569 Å². The Morgan fingerprint density at radius 2 is 0.263 bits per heavy atom. The van der Waals surface area contributed by atoms with Crippen LogP contribution in [0.5, 0.6) is 0 Å². The molecule has 0 aliphatic rings. The van der Waals surface area contributed by atoms with E-state index < -0.39 is 23.9 Å². The van der Waals surface area contributed by atoms with Gasteiger partial charge in [0, 0.05) is 0 Å². The van der Waals surface area contributed by atoms with Crippen molar-refractivity contribution in [2.24, 2.45) is 23.7 Å². The van der Waals surface area contributed by atoms with Crippen LogP contribution in [0, 0.1) is 23.7 Å². The monoisotopic (exact) mass is 1600 g/mol. The van der Waals surface area contributed by atoms with Crippen LogP contribution >= 0.6 is 0 Å². The van der Waals surface area contributed by atoms with Gasteiger partial charge < -0.3 is 18.9 Å². The quantitative estimate of drug-likeness (QED) is 0.0361. The standard InChI is InChI=1S/C106H198O8/c1-9-17-25-33-41-49-53-61-69-77-85-95(81-73-65-57-45-37-29-21-13-5)91-111-103(107)99-89-101(105(109)113-93-97(83-75-67-59-47-39-31-23-15-7)87-79-71-63-55-51-43-35-27-19-11-3)102(106(110)114-94-98(84-76-68-60-48-40-32-24-16-8)88-80-72-64-56-52-44-36-28-20-12-4)90-100(99)104(108)112-92-96(82-74-66-58-46-38-30-22-14-6)86-78-70-62-54-50-42-34-26-18-10-2/h89-90,95-98H,9-88,91-94H2,1-8H3. The first-order valence-corrected chi connectivity index (χ1v) is 52.0. The summed E-state index contributed by atoms with van der Waals surface area (Å²) in [6, 6.07) is 2.99. The van der Waals surface area contributed by atoms with Crippen molar-refractivity contribution in [3.05, 3.63) is 34.4 Å². The lowest BCUT2D eigenvalue weighted by molar-refractivity contribution is 0.0360. The van der Waals surface area contributed by atoms with Gasteiger partial charge in [-0.1, -0.05) is 518 Å². The molecular formula is C106H198O8. The first-order chi connectivity index (χ1) is 56.1. The molecule has 4 unspecified atom stereocenters. The smallest absolute Gasteiger partial charge is 0.339 e. The van der Waals surface area contributed by atoms with Crippen LogP contribution in [0.1, 0.15) is 610 Å². The Kier molecular flexibility index (Phi) is 82.8. The fourth-order valence-corrected chi connectivity index (χ4v) is 17.6. The Morgan fingerprint density at radius 1 is 0.167 bits per heavy atom. The summed E-state index contributed by atoms with van der Waals surface area (Å²) in [4.78, 5) is 61.8. The summed E-state index contributed by atoms with van der Waals surface area (Å²) < 4.78 is 26.2. The third kappa shape index (κ3) is 67.8. The van der Waals surface area contributed by atoms with Crippen LogP contribution < -0.4 is 0 Å². The molecular weight excluding hydrogens is 1400 g/mol. The molecule has 114 heavy (non-hydrogen) atoms. The van der Waals surface area contributed by atoms with Crippen molar-refractivity contribution in [2.75, 3.05) is 26.4 Å². The van der Waals surface area contributed by atoms with E-state index in [2.05, 4.69) is 55.4 Å². The van der Waals surface area contributed by atoms with E-state index >= 15 is 19.2 Å². The molecule has 0 spiro atoms. The van der Waals surface area contributed by atoms with E-state index in [1.165, 1.54) is 423 Å². The Morgan fingerprint density at radius 3 is 0.368 bits per heavy atom. The van der Waals surface area contributed by atoms with E-state index in [0.29, 0.717) is 0 Å². The van der Waals surface area contributed by atoms with Crippen molar-refractivity contribution in [1.29, 1.82) is 0 Å². The maximum Gasteiger partial charge on any atom is 0.339 e. The molecule has 1 aromatic carbocycles. The predicted octanol–water partition coefficient (Wildman–Crippen LogP) is 36.1. The van der Waals surface area contributed by atoms with E-state index in [1.54, 1.807) is 0 Å². The average Bonchev–Trinajstić information content (AvgIpc) is 0.785. The van der Waals surface area contributed by atoms with Crippen molar-refractivity contribution >= 4 is 23.9 Å². The lowest BCUT2D eigenvalue weighted by Crippen LogP contribution is -2.24. The van der Waals surface area contributed by atoms with Crippen LogP contribution in [-0.2, 0) is 18.9 Å². The summed E-state index contributed by atoms with van der Waals surface area (Å²) in [6.07, 6.45) is 98.3. The highest BCUT2D eigenvalue weighted by Crippen LogP contribution is 2.30. The van der Waals surface area contributed by atoms with E-state index in [9.17, 15) is 0 Å². The molecule has 0 aliphatic heterocycles. The van der Waals surface area contributed by atoms with Crippen LogP contribution in [0.4, 0.5) is 0 Å². The number of rotatable bonds is 92. The fraction of sp³-hybridized carbons (Fsp3) is 0.906. The normalized spacial score (nSPS) is 12.7. The maximum absolute atomic E-state index is 15.5. The highest BCUT2D eigenvalue weighted by molar-refractivity contribution is 6.10. The lowest BCUT2D eigenvalue weighted by atomic mass is 9.94. The number of hydrogen-bond acceptors (Lipinski definition) is 8. The second-order valence-corrected chi connectivity index (χ2v) is 36.7. The van der Waals surface area contributed by atoms with Gasteiger partial charge in [-0.15, -0.1) is 0 Å². The molecule has 0 bridgehead atoms. The zero-order chi connectivity index (χ0) is 82.6. The molecule has 8 heteroatoms. The SMILES string of the molecule is CCCCCCCCCCCCC(CCCCCCCCCC)COC(=O)c1cc(C(=O)OCC(CCCCCCCCCC)CCCCCCCCCCCC)c(C(=O)OCC(CCCCCCCCCC)CCCCCCCCCCCC)cc1C(=O)OCC(CCCCCCCCCC)CCCCCCCCCCCC. The van der Waals surface area contributed by atoms with E-state index in [4.69, 9.17) is 18.9 Å². The Labute approximate surface area is 711 Å². The number of esters is 4. The summed E-state index contributed by atoms with van der Waals surface area (Å²) >= 11 is 0. The summed E-state index contributed by atoms with van der Waals surface area (Å²) in [6.45, 7) is 19.2. The largest absolute Gasteiger partial charge is 0.462 e. The Bertz CT molecular complexity index is 1910. The predicted molar refractivity (Wildman–Crippen MR) is 496 cm³/mol. The topological polar surface area (TPSA) is 105 Å². The zero-order valence-electron chi connectivity index (χ0n) is 78.1. The first-order valence-electron chi connectivity index (χ1n) is 52.0. The molecule has 0 aromatic heterocycles. The molecule has 0 saturated heterocycles. The number of hydrogen-bond donors (Lipinski definition) is 0. The van der Waals surface area contributed by atoms with Gasteiger partial charge in [0.05, 0.1) is 48.7 Å². The van der Waals surface area contributed by atoms with Gasteiger partial charge in [0.2, 0.25) is 0 Å². The summed E-state index contributed by atoms with van der Waals surface area (Å²) in [7, 11) is 0. The Balaban J connectivity index is 4.12. The molecule has 0 aliphatic carbocycles. The van der Waals surface area contributed by atoms with Gasteiger partial charge in [0.25, 0.3) is 0 Å². The zero-order valence-corrected chi connectivity index (χ0v) is 78.1. The van der Waals surface area contributed by atoms with Gasteiger partial charge >= 0.3 is 23.9 Å². The first kappa shape index (κ1) is 109. The van der Waals surface area contributed by atoms with Crippen LogP contribution in [-0.4, -0.2) is 50.3 Å². The van der Waals surface area contributed by atoms with Crippen molar-refractivity contribution in [3.8, 4) is 0 Å². The molecule has 0 saturated carbocycles. The number of benzene rings is 1. The third-order valence-corrected chi connectivity index (χ3v) is 25.6. The minimum atomic E-state index is -0.642. The van der Waals surface area contributed by atoms with Gasteiger partial charge in [-0.05, 0) is 87.2 Å². The van der Waals surface area contributed by atoms with Gasteiger partial charge in [0.15, 0.2) is 0 Å². The average molecular weight is 1600 g/mol. The lowest BCUT2D eigenvalue weighted by Gasteiger charge is -2.21. The molecule has 0 N–H and O–H groups in total. The minimum absolute atomic E-state index is 0.0167. The maximum atomic E-state index is 15.5. The molecule has 0 radical (unpaired) electrons. The molecule has 8 nitrogen and oxygen atoms in total. The second kappa shape index (κ2) is 86.5. The second-order valence-electron chi connectivity index (χ2n) is 36.7. The molecule has 0 heterocycles. The molecule has 1 rings (SSSR count). The minimum Gasteiger partial charge on any atom is -0.462 e. The van der Waals surface area contributed by atoms with Crippen LogP contribution in [0.25, 0.3) is 0 Å². The van der Waals surface area contributed by atoms with E-state index in [0.717, 1.165) is 103 Å². The van der Waals surface area contributed by atoms with Crippen LogP contribution in [0.15, 0.2) is 12.1 Å². The van der Waals surface area contributed by atoms with Crippen molar-refractivity contribution < 1.29 is 38.1 Å². The summed E-state index contributed by atoms with van der Waals surface area (Å²) in [5.41, 5.74) is -0.0668. The summed E-state index contributed by atoms with van der Waals surface area (Å²) in [5.74, 6) is -1.87. The number of carbonyl (C=O) groups is 4.